The van der Waals surface area contributed by atoms with Gasteiger partial charge in [0.15, 0.2) is 0 Å². The van der Waals surface area contributed by atoms with Crippen molar-refractivity contribution in [2.24, 2.45) is 47.3 Å². The fourth-order valence-corrected chi connectivity index (χ4v) is 14.6. The van der Waals surface area contributed by atoms with Crippen molar-refractivity contribution >= 4 is 11.9 Å². The van der Waals surface area contributed by atoms with Crippen LogP contribution in [0.2, 0.25) is 0 Å². The molecule has 0 aromatic heterocycles. The normalized spacial score (nSPS) is 44.9. The molecule has 2 aromatic rings. The Morgan fingerprint density at radius 2 is 0.695 bits per heavy atom. The molecule has 5 heterocycles. The monoisotopic (exact) mass is 856 g/mol. The Balaban J connectivity index is 0.00000420. The Labute approximate surface area is 361 Å². The Morgan fingerprint density at radius 3 is 1.03 bits per heavy atom. The van der Waals surface area contributed by atoms with E-state index in [4.69, 9.17) is 0 Å². The number of benzene rings is 2. The molecule has 59 heavy (non-hydrogen) atoms. The summed E-state index contributed by atoms with van der Waals surface area (Å²) in [7, 11) is 0. The van der Waals surface area contributed by atoms with E-state index in [-0.39, 0.29) is 80.4 Å². The van der Waals surface area contributed by atoms with Crippen molar-refractivity contribution in [3.05, 3.63) is 70.8 Å². The van der Waals surface area contributed by atoms with Gasteiger partial charge in [-0.25, -0.2) is 9.59 Å². The second-order valence-electron chi connectivity index (χ2n) is 19.8. The molecule has 0 spiro atoms. The molecule has 18 unspecified atom stereocenters. The van der Waals surface area contributed by atoms with Gasteiger partial charge >= 0.3 is 11.9 Å². The second-order valence-corrected chi connectivity index (χ2v) is 19.8. The number of carboxylic acid groups (broad SMARTS) is 2. The molecule has 18 atom stereocenters. The maximum absolute atomic E-state index is 12.0. The maximum Gasteiger partial charge on any atom is 0.335 e. The first-order valence-corrected chi connectivity index (χ1v) is 23.1. The first-order chi connectivity index (χ1) is 28.4. The number of fused-ring (bicyclic) bond motifs is 20. The van der Waals surface area contributed by atoms with Crippen LogP contribution >= 0.6 is 0 Å². The molecule has 2 aromatic carbocycles. The molecular weight excluding hydrogens is 794 g/mol. The van der Waals surface area contributed by atoms with Gasteiger partial charge < -0.3 is 10.2 Å². The van der Waals surface area contributed by atoms with Crippen molar-refractivity contribution in [2.45, 2.75) is 151 Å². The van der Waals surface area contributed by atoms with E-state index in [1.54, 1.807) is 24.3 Å². The molecule has 314 valence electrons. The zero-order valence-electron chi connectivity index (χ0n) is 34.3. The standard InChI is InChI=1S/C46H64N8O4.Zn/c55-45(56)25-17-13-23(14-18-25)27-21-22-34-36(35(27)24-15-19-26(20-16-24)46(57)58)44-53-42-33-12-6-5-11-32(33)40(51-42)49-38-29-8-2-1-7-28(29)37(47-38)48-39-30-9-3-4-10-31(30)41(50-39)52-43(34)54-44;/h13-20,27-44,47-54H,1-12,21-22H2,(H,55,56)(H,57,58);. The van der Waals surface area contributed by atoms with E-state index >= 15 is 0 Å². The van der Waals surface area contributed by atoms with E-state index in [0.717, 1.165) is 24.0 Å². The van der Waals surface area contributed by atoms with E-state index in [1.165, 1.54) is 77.0 Å². The minimum Gasteiger partial charge on any atom is -0.478 e. The van der Waals surface area contributed by atoms with Gasteiger partial charge in [-0.15, -0.1) is 0 Å². The molecule has 8 bridgehead atoms. The molecule has 13 heteroatoms. The third kappa shape index (κ3) is 7.36. The number of rotatable bonds is 4. The molecule has 0 radical (unpaired) electrons. The fraction of sp³-hybridized carbons (Fsp3) is 0.696. The van der Waals surface area contributed by atoms with E-state index in [9.17, 15) is 19.8 Å². The third-order valence-corrected chi connectivity index (χ3v) is 17.2. The second kappa shape index (κ2) is 16.8. The van der Waals surface area contributed by atoms with E-state index < -0.39 is 11.9 Å². The zero-order valence-corrected chi connectivity index (χ0v) is 37.3. The van der Waals surface area contributed by atoms with Gasteiger partial charge in [-0.05, 0) is 140 Å². The summed E-state index contributed by atoms with van der Waals surface area (Å²) in [6.45, 7) is 0. The van der Waals surface area contributed by atoms with Crippen LogP contribution in [0.5, 0.6) is 0 Å². The van der Waals surface area contributed by atoms with Gasteiger partial charge in [-0.2, -0.15) is 0 Å². The predicted molar refractivity (Wildman–Crippen MR) is 220 cm³/mol. The van der Waals surface area contributed by atoms with Crippen LogP contribution < -0.4 is 42.5 Å². The first kappa shape index (κ1) is 40.7. The summed E-state index contributed by atoms with van der Waals surface area (Å²) >= 11 is 0. The predicted octanol–water partition coefficient (Wildman–Crippen LogP) is 4.79. The van der Waals surface area contributed by atoms with Crippen LogP contribution in [0.25, 0.3) is 0 Å². The Hall–Kier alpha value is -2.32. The van der Waals surface area contributed by atoms with Gasteiger partial charge in [0, 0.05) is 25.4 Å². The van der Waals surface area contributed by atoms with E-state index in [0.29, 0.717) is 58.7 Å². The number of hydrogen-bond donors (Lipinski definition) is 10. The molecule has 11 rings (SSSR count). The molecular formula is C46H64N8O4Zn. The average molecular weight is 858 g/mol. The van der Waals surface area contributed by atoms with Crippen LogP contribution in [-0.4, -0.2) is 71.5 Å². The maximum atomic E-state index is 12.0. The fourth-order valence-electron chi connectivity index (χ4n) is 14.6. The van der Waals surface area contributed by atoms with Crippen molar-refractivity contribution in [2.75, 3.05) is 0 Å². The van der Waals surface area contributed by atoms with Crippen LogP contribution in [0.4, 0.5) is 0 Å². The summed E-state index contributed by atoms with van der Waals surface area (Å²) < 4.78 is 0. The summed E-state index contributed by atoms with van der Waals surface area (Å²) in [4.78, 5) is 23.9. The molecule has 5 aliphatic heterocycles. The number of carbonyl (C=O) groups is 2. The summed E-state index contributed by atoms with van der Waals surface area (Å²) in [6, 6.07) is 15.2. The molecule has 4 aliphatic carbocycles. The van der Waals surface area contributed by atoms with Gasteiger partial charge in [-0.3, -0.25) is 42.5 Å². The average Bonchev–Trinajstić information content (AvgIpc) is 3.99. The van der Waals surface area contributed by atoms with Crippen molar-refractivity contribution < 1.29 is 39.3 Å². The van der Waals surface area contributed by atoms with Gasteiger partial charge in [0.1, 0.15) is 0 Å². The van der Waals surface area contributed by atoms with Gasteiger partial charge in [0.05, 0.1) is 60.5 Å². The number of aromatic carboxylic acids is 2. The molecule has 10 N–H and O–H groups in total. The Kier molecular flexibility index (Phi) is 11.6. The smallest absolute Gasteiger partial charge is 0.335 e. The van der Waals surface area contributed by atoms with Crippen molar-refractivity contribution in [1.29, 1.82) is 0 Å². The van der Waals surface area contributed by atoms with Crippen LogP contribution in [0, 0.1) is 47.3 Å². The number of hydrogen-bond acceptors (Lipinski definition) is 10. The Morgan fingerprint density at radius 1 is 0.390 bits per heavy atom. The number of nitrogens with one attached hydrogen (secondary N) is 8. The molecule has 9 fully saturated rings. The van der Waals surface area contributed by atoms with Crippen LogP contribution in [0.3, 0.4) is 0 Å². The van der Waals surface area contributed by atoms with Crippen molar-refractivity contribution in [1.82, 2.24) is 42.5 Å². The summed E-state index contributed by atoms with van der Waals surface area (Å²) in [5.41, 5.74) is 2.90. The Bertz CT molecular complexity index is 1840. The molecule has 5 saturated heterocycles. The van der Waals surface area contributed by atoms with Crippen LogP contribution in [0.1, 0.15) is 134 Å². The number of carboxylic acids is 2. The van der Waals surface area contributed by atoms with Gasteiger partial charge in [-0.1, -0.05) is 62.8 Å². The quantitative estimate of drug-likeness (QED) is 0.191. The van der Waals surface area contributed by atoms with Crippen LogP contribution in [0.15, 0.2) is 48.5 Å². The first-order valence-electron chi connectivity index (χ1n) is 23.1. The molecule has 0 amide bonds. The van der Waals surface area contributed by atoms with Crippen molar-refractivity contribution in [3.8, 4) is 0 Å². The molecule has 9 aliphatic rings. The van der Waals surface area contributed by atoms with Gasteiger partial charge in [0.25, 0.3) is 0 Å². The third-order valence-electron chi connectivity index (χ3n) is 17.2. The van der Waals surface area contributed by atoms with E-state index in [2.05, 4.69) is 54.7 Å². The zero-order chi connectivity index (χ0) is 39.1. The summed E-state index contributed by atoms with van der Waals surface area (Å²) in [5.74, 6) is 2.48. The molecule has 4 saturated carbocycles. The molecule has 12 nitrogen and oxygen atoms in total. The van der Waals surface area contributed by atoms with Crippen LogP contribution in [-0.2, 0) is 19.5 Å². The topological polar surface area (TPSA) is 171 Å². The summed E-state index contributed by atoms with van der Waals surface area (Å²) in [6.07, 6.45) is 18.9. The minimum atomic E-state index is -0.915. The van der Waals surface area contributed by atoms with E-state index in [1.807, 2.05) is 12.1 Å². The minimum absolute atomic E-state index is 0. The SMILES string of the molecule is O=C(O)c1ccc(C2CCC3C4NC5NC(NC6NC(NC7NC(NC(N4)C3C2c2ccc(C(=O)O)cc2)C2CCCCC72)C2CCCCC62)C2CCCCC52)cc1.[Zn]. The van der Waals surface area contributed by atoms with Crippen molar-refractivity contribution in [3.63, 3.8) is 0 Å². The summed E-state index contributed by atoms with van der Waals surface area (Å²) in [5, 5.41) is 53.6. The largest absolute Gasteiger partial charge is 0.478 e. The van der Waals surface area contributed by atoms with Gasteiger partial charge in [0.2, 0.25) is 0 Å².